The SMILES string of the molecule is Cc1cc(C)n(CCCNC(=O)c2cc(N)cc(Br)c2)n1. The zero-order chi connectivity index (χ0) is 15.4. The number of aryl methyl sites for hydroxylation is 3. The quantitative estimate of drug-likeness (QED) is 0.643. The number of nitrogens with one attached hydrogen (secondary N) is 1. The van der Waals surface area contributed by atoms with Crippen molar-refractivity contribution < 1.29 is 4.79 Å². The first-order chi connectivity index (χ1) is 9.95. The van der Waals surface area contributed by atoms with Gasteiger partial charge < -0.3 is 11.1 Å². The Morgan fingerprint density at radius 1 is 1.33 bits per heavy atom. The number of nitrogen functional groups attached to an aromatic ring is 1. The lowest BCUT2D eigenvalue weighted by Gasteiger charge is -2.08. The van der Waals surface area contributed by atoms with Crippen LogP contribution in [0.3, 0.4) is 0 Å². The van der Waals surface area contributed by atoms with E-state index in [1.807, 2.05) is 24.6 Å². The van der Waals surface area contributed by atoms with Gasteiger partial charge >= 0.3 is 0 Å². The molecule has 1 aromatic carbocycles. The van der Waals surface area contributed by atoms with Gasteiger partial charge in [-0.05, 0) is 44.5 Å². The van der Waals surface area contributed by atoms with Gasteiger partial charge in [-0.15, -0.1) is 0 Å². The van der Waals surface area contributed by atoms with Crippen molar-refractivity contribution in [2.45, 2.75) is 26.8 Å². The number of carbonyl (C=O) groups excluding carboxylic acids is 1. The number of carbonyl (C=O) groups is 1. The number of halogens is 1. The topological polar surface area (TPSA) is 72.9 Å². The third kappa shape index (κ3) is 4.32. The smallest absolute Gasteiger partial charge is 0.251 e. The molecule has 0 aliphatic heterocycles. The van der Waals surface area contributed by atoms with Gasteiger partial charge in [0.1, 0.15) is 0 Å². The van der Waals surface area contributed by atoms with Gasteiger partial charge in [-0.1, -0.05) is 15.9 Å². The zero-order valence-electron chi connectivity index (χ0n) is 12.2. The zero-order valence-corrected chi connectivity index (χ0v) is 13.8. The lowest BCUT2D eigenvalue weighted by Crippen LogP contribution is -2.25. The third-order valence-electron chi connectivity index (χ3n) is 3.12. The fourth-order valence-electron chi connectivity index (χ4n) is 2.18. The van der Waals surface area contributed by atoms with Crippen molar-refractivity contribution in [1.82, 2.24) is 15.1 Å². The van der Waals surface area contributed by atoms with E-state index in [4.69, 9.17) is 5.73 Å². The Labute approximate surface area is 132 Å². The molecular formula is C15H19BrN4O. The van der Waals surface area contributed by atoms with E-state index < -0.39 is 0 Å². The molecule has 0 saturated heterocycles. The van der Waals surface area contributed by atoms with Crippen LogP contribution in [0.1, 0.15) is 28.2 Å². The maximum Gasteiger partial charge on any atom is 0.251 e. The highest BCUT2D eigenvalue weighted by atomic mass is 79.9. The van der Waals surface area contributed by atoms with Crippen LogP contribution in [0.15, 0.2) is 28.7 Å². The van der Waals surface area contributed by atoms with Gasteiger partial charge in [0, 0.05) is 34.5 Å². The van der Waals surface area contributed by atoms with Crippen LogP contribution in [0.4, 0.5) is 5.69 Å². The monoisotopic (exact) mass is 350 g/mol. The standard InChI is InChI=1S/C15H19BrN4O/c1-10-6-11(2)20(19-10)5-3-4-18-15(21)12-7-13(16)9-14(17)8-12/h6-9H,3-5,17H2,1-2H3,(H,18,21). The second kappa shape index (κ2) is 6.76. The Balaban J connectivity index is 1.83. The van der Waals surface area contributed by atoms with Gasteiger partial charge in [-0.3, -0.25) is 9.48 Å². The molecule has 0 aliphatic rings. The van der Waals surface area contributed by atoms with Crippen LogP contribution < -0.4 is 11.1 Å². The summed E-state index contributed by atoms with van der Waals surface area (Å²) in [5, 5.41) is 7.28. The van der Waals surface area contributed by atoms with Crippen LogP contribution in [0, 0.1) is 13.8 Å². The lowest BCUT2D eigenvalue weighted by molar-refractivity contribution is 0.0952. The first kappa shape index (κ1) is 15.6. The van der Waals surface area contributed by atoms with Crippen molar-refractivity contribution in [3.05, 3.63) is 45.7 Å². The molecule has 21 heavy (non-hydrogen) atoms. The minimum atomic E-state index is -0.114. The highest BCUT2D eigenvalue weighted by Crippen LogP contribution is 2.17. The van der Waals surface area contributed by atoms with Crippen molar-refractivity contribution in [1.29, 1.82) is 0 Å². The van der Waals surface area contributed by atoms with Crippen LogP contribution >= 0.6 is 15.9 Å². The lowest BCUT2D eigenvalue weighted by atomic mass is 10.2. The molecule has 0 fully saturated rings. The predicted molar refractivity (Wildman–Crippen MR) is 87.2 cm³/mol. The van der Waals surface area contributed by atoms with Gasteiger partial charge in [-0.25, -0.2) is 0 Å². The molecule has 5 nitrogen and oxygen atoms in total. The fourth-order valence-corrected chi connectivity index (χ4v) is 2.69. The van der Waals surface area contributed by atoms with Gasteiger partial charge in [-0.2, -0.15) is 5.10 Å². The molecule has 0 aliphatic carbocycles. The maximum atomic E-state index is 12.0. The number of nitrogens with two attached hydrogens (primary N) is 1. The summed E-state index contributed by atoms with van der Waals surface area (Å²) in [6.45, 7) is 5.40. The van der Waals surface area contributed by atoms with Crippen molar-refractivity contribution in [2.24, 2.45) is 0 Å². The summed E-state index contributed by atoms with van der Waals surface area (Å²) in [4.78, 5) is 12.0. The molecule has 0 bridgehead atoms. The molecule has 0 saturated carbocycles. The molecule has 0 unspecified atom stereocenters. The summed E-state index contributed by atoms with van der Waals surface area (Å²) in [5.74, 6) is -0.114. The average Bonchev–Trinajstić information content (AvgIpc) is 2.71. The van der Waals surface area contributed by atoms with E-state index in [-0.39, 0.29) is 5.91 Å². The maximum absolute atomic E-state index is 12.0. The molecule has 2 aromatic rings. The van der Waals surface area contributed by atoms with E-state index in [0.29, 0.717) is 17.8 Å². The first-order valence-electron chi connectivity index (χ1n) is 6.81. The van der Waals surface area contributed by atoms with Crippen LogP contribution in [0.2, 0.25) is 0 Å². The molecule has 1 aromatic heterocycles. The number of amides is 1. The summed E-state index contributed by atoms with van der Waals surface area (Å²) in [6.07, 6.45) is 0.831. The highest BCUT2D eigenvalue weighted by molar-refractivity contribution is 9.10. The molecule has 1 amide bonds. The van der Waals surface area contributed by atoms with Gasteiger partial charge in [0.25, 0.3) is 5.91 Å². The number of hydrogen-bond donors (Lipinski definition) is 2. The van der Waals surface area contributed by atoms with E-state index in [0.717, 1.165) is 28.8 Å². The van der Waals surface area contributed by atoms with Crippen LogP contribution in [0.5, 0.6) is 0 Å². The molecule has 112 valence electrons. The minimum Gasteiger partial charge on any atom is -0.399 e. The third-order valence-corrected chi connectivity index (χ3v) is 3.58. The summed E-state index contributed by atoms with van der Waals surface area (Å²) in [6, 6.07) is 7.23. The van der Waals surface area contributed by atoms with E-state index in [9.17, 15) is 4.79 Å². The second-order valence-corrected chi connectivity index (χ2v) is 5.95. The van der Waals surface area contributed by atoms with Crippen LogP contribution in [-0.4, -0.2) is 22.2 Å². The molecule has 6 heteroatoms. The van der Waals surface area contributed by atoms with Gasteiger partial charge in [0.15, 0.2) is 0 Å². The Hall–Kier alpha value is -1.82. The molecule has 0 radical (unpaired) electrons. The Morgan fingerprint density at radius 3 is 2.71 bits per heavy atom. The largest absolute Gasteiger partial charge is 0.399 e. The Bertz CT molecular complexity index is 631. The first-order valence-corrected chi connectivity index (χ1v) is 7.60. The number of hydrogen-bond acceptors (Lipinski definition) is 3. The van der Waals surface area contributed by atoms with E-state index in [1.54, 1.807) is 18.2 Å². The molecule has 1 heterocycles. The van der Waals surface area contributed by atoms with Crippen LogP contribution in [-0.2, 0) is 6.54 Å². The summed E-state index contributed by atoms with van der Waals surface area (Å²) >= 11 is 3.33. The Morgan fingerprint density at radius 2 is 2.10 bits per heavy atom. The Kier molecular flexibility index (Phi) is 5.01. The molecule has 2 rings (SSSR count). The van der Waals surface area contributed by atoms with Crippen molar-refractivity contribution in [3.63, 3.8) is 0 Å². The van der Waals surface area contributed by atoms with Crippen molar-refractivity contribution >= 4 is 27.5 Å². The van der Waals surface area contributed by atoms with Crippen molar-refractivity contribution in [2.75, 3.05) is 12.3 Å². The second-order valence-electron chi connectivity index (χ2n) is 5.03. The van der Waals surface area contributed by atoms with E-state index >= 15 is 0 Å². The number of anilines is 1. The van der Waals surface area contributed by atoms with Crippen molar-refractivity contribution in [3.8, 4) is 0 Å². The minimum absolute atomic E-state index is 0.114. The van der Waals surface area contributed by atoms with Gasteiger partial charge in [0.05, 0.1) is 5.69 Å². The average molecular weight is 351 g/mol. The summed E-state index contributed by atoms with van der Waals surface area (Å²) in [7, 11) is 0. The normalized spacial score (nSPS) is 10.6. The fraction of sp³-hybridized carbons (Fsp3) is 0.333. The molecule has 0 spiro atoms. The van der Waals surface area contributed by atoms with Crippen LogP contribution in [0.25, 0.3) is 0 Å². The number of aromatic nitrogens is 2. The van der Waals surface area contributed by atoms with E-state index in [2.05, 4.69) is 26.3 Å². The predicted octanol–water partition coefficient (Wildman–Crippen LogP) is 2.66. The molecule has 3 N–H and O–H groups in total. The number of benzene rings is 1. The number of rotatable bonds is 5. The highest BCUT2D eigenvalue weighted by Gasteiger charge is 2.07. The van der Waals surface area contributed by atoms with Gasteiger partial charge in [0.2, 0.25) is 0 Å². The molecule has 0 atom stereocenters. The number of nitrogens with zero attached hydrogens (tertiary/aromatic N) is 2. The van der Waals surface area contributed by atoms with E-state index in [1.165, 1.54) is 0 Å². The summed E-state index contributed by atoms with van der Waals surface area (Å²) < 4.78 is 2.76. The summed E-state index contributed by atoms with van der Waals surface area (Å²) in [5.41, 5.74) is 9.01. The molecular weight excluding hydrogens is 332 g/mol.